The number of benzene rings is 2. The molecule has 174 valence electrons. The van der Waals surface area contributed by atoms with Crippen molar-refractivity contribution in [1.29, 1.82) is 0 Å². The van der Waals surface area contributed by atoms with E-state index in [1.165, 1.54) is 12.7 Å². The topological polar surface area (TPSA) is 79.0 Å². The van der Waals surface area contributed by atoms with Gasteiger partial charge in [-0.1, -0.05) is 42.5 Å². The largest absolute Gasteiger partial charge is 0.467 e. The molecule has 2 amide bonds. The molecule has 7 heteroatoms. The summed E-state index contributed by atoms with van der Waals surface area (Å²) in [6.07, 6.45) is 2.96. The van der Waals surface area contributed by atoms with Crippen LogP contribution in [0.25, 0.3) is 0 Å². The van der Waals surface area contributed by atoms with E-state index in [0.29, 0.717) is 25.9 Å². The molecule has 0 unspecified atom stereocenters. The number of likely N-dealkylation sites (tertiary alicyclic amines) is 1. The van der Waals surface area contributed by atoms with Gasteiger partial charge in [-0.3, -0.25) is 14.5 Å². The van der Waals surface area contributed by atoms with Gasteiger partial charge in [-0.15, -0.1) is 0 Å². The lowest BCUT2D eigenvalue weighted by atomic mass is 9.88. The van der Waals surface area contributed by atoms with Gasteiger partial charge in [-0.2, -0.15) is 0 Å². The standard InChI is InChI=1S/C26H31N3O4/c1-33-25(32)26(14-6-15-28(19-26)18-21-7-3-2-4-8-21)27-23(30)17-20-10-12-22(13-11-20)29-16-5-9-24(29)31/h2-4,7-8,10-13H,5-6,9,14-19H2,1H3,(H,27,30)/t26-/m1/s1. The Hall–Kier alpha value is -3.19. The van der Waals surface area contributed by atoms with E-state index in [9.17, 15) is 14.4 Å². The number of hydrogen-bond donors (Lipinski definition) is 1. The zero-order chi connectivity index (χ0) is 23.3. The highest BCUT2D eigenvalue weighted by molar-refractivity contribution is 5.95. The van der Waals surface area contributed by atoms with E-state index in [1.54, 1.807) is 4.90 Å². The van der Waals surface area contributed by atoms with E-state index in [-0.39, 0.29) is 18.2 Å². The summed E-state index contributed by atoms with van der Waals surface area (Å²) in [7, 11) is 1.37. The molecule has 1 N–H and O–H groups in total. The van der Waals surface area contributed by atoms with Crippen molar-refractivity contribution < 1.29 is 19.1 Å². The molecular weight excluding hydrogens is 418 g/mol. The van der Waals surface area contributed by atoms with Crippen LogP contribution < -0.4 is 10.2 Å². The molecule has 1 atom stereocenters. The monoisotopic (exact) mass is 449 g/mol. The van der Waals surface area contributed by atoms with E-state index in [1.807, 2.05) is 42.5 Å². The van der Waals surface area contributed by atoms with Crippen LogP contribution in [0.3, 0.4) is 0 Å². The number of anilines is 1. The Balaban J connectivity index is 1.42. The van der Waals surface area contributed by atoms with Crippen molar-refractivity contribution >= 4 is 23.5 Å². The second kappa shape index (κ2) is 10.2. The summed E-state index contributed by atoms with van der Waals surface area (Å²) in [5, 5.41) is 3.00. The van der Waals surface area contributed by atoms with Crippen LogP contribution >= 0.6 is 0 Å². The first-order valence-corrected chi connectivity index (χ1v) is 11.5. The second-order valence-electron chi connectivity index (χ2n) is 8.91. The highest BCUT2D eigenvalue weighted by Crippen LogP contribution is 2.25. The maximum absolute atomic E-state index is 13.0. The summed E-state index contributed by atoms with van der Waals surface area (Å²) >= 11 is 0. The van der Waals surface area contributed by atoms with Gasteiger partial charge in [0, 0.05) is 31.7 Å². The van der Waals surface area contributed by atoms with E-state index in [2.05, 4.69) is 22.3 Å². The number of nitrogens with zero attached hydrogens (tertiary/aromatic N) is 2. The Bertz CT molecular complexity index is 992. The lowest BCUT2D eigenvalue weighted by Crippen LogP contribution is -2.63. The Morgan fingerprint density at radius 3 is 2.42 bits per heavy atom. The number of carbonyl (C=O) groups is 3. The molecule has 0 saturated carbocycles. The SMILES string of the molecule is COC(=O)[C@@]1(NC(=O)Cc2ccc(N3CCCC3=O)cc2)CCCN(Cc2ccccc2)C1. The molecule has 0 aromatic heterocycles. The van der Waals surface area contributed by atoms with Gasteiger partial charge in [0.2, 0.25) is 11.8 Å². The molecule has 7 nitrogen and oxygen atoms in total. The minimum Gasteiger partial charge on any atom is -0.467 e. The van der Waals surface area contributed by atoms with Crippen LogP contribution in [0.4, 0.5) is 5.69 Å². The van der Waals surface area contributed by atoms with Gasteiger partial charge in [0.25, 0.3) is 0 Å². The second-order valence-corrected chi connectivity index (χ2v) is 8.91. The van der Waals surface area contributed by atoms with Gasteiger partial charge in [0.1, 0.15) is 0 Å². The number of amides is 2. The Labute approximate surface area is 194 Å². The number of esters is 1. The molecule has 0 radical (unpaired) electrons. The summed E-state index contributed by atoms with van der Waals surface area (Å²) in [6.45, 7) is 2.72. The normalized spacial score (nSPS) is 21.1. The molecule has 0 aliphatic carbocycles. The average Bonchev–Trinajstić information content (AvgIpc) is 3.25. The fourth-order valence-corrected chi connectivity index (χ4v) is 4.85. The highest BCUT2D eigenvalue weighted by Gasteiger charge is 2.44. The third kappa shape index (κ3) is 5.42. The summed E-state index contributed by atoms with van der Waals surface area (Å²) in [5.74, 6) is -0.485. The summed E-state index contributed by atoms with van der Waals surface area (Å²) < 4.78 is 5.11. The van der Waals surface area contributed by atoms with Gasteiger partial charge in [0.05, 0.1) is 13.5 Å². The van der Waals surface area contributed by atoms with Gasteiger partial charge in [-0.25, -0.2) is 4.79 Å². The van der Waals surface area contributed by atoms with E-state index in [0.717, 1.165) is 37.2 Å². The highest BCUT2D eigenvalue weighted by atomic mass is 16.5. The fraction of sp³-hybridized carbons (Fsp3) is 0.423. The van der Waals surface area contributed by atoms with Crippen LogP contribution in [0, 0.1) is 0 Å². The van der Waals surface area contributed by atoms with Gasteiger partial charge in [-0.05, 0) is 49.1 Å². The number of methoxy groups -OCH3 is 1. The van der Waals surface area contributed by atoms with Gasteiger partial charge in [0.15, 0.2) is 5.54 Å². The molecule has 2 saturated heterocycles. The zero-order valence-electron chi connectivity index (χ0n) is 19.1. The number of nitrogens with one attached hydrogen (secondary N) is 1. The van der Waals surface area contributed by atoms with Crippen LogP contribution in [0.1, 0.15) is 36.8 Å². The van der Waals surface area contributed by atoms with Gasteiger partial charge >= 0.3 is 5.97 Å². The summed E-state index contributed by atoms with van der Waals surface area (Å²) in [5.41, 5.74) is 1.80. The number of ether oxygens (including phenoxy) is 1. The average molecular weight is 450 g/mol. The minimum absolute atomic E-state index is 0.137. The Kier molecular flexibility index (Phi) is 7.08. The third-order valence-electron chi connectivity index (χ3n) is 6.46. The van der Waals surface area contributed by atoms with Crippen molar-refractivity contribution in [2.75, 3.05) is 31.6 Å². The first-order chi connectivity index (χ1) is 16.0. The van der Waals surface area contributed by atoms with Crippen molar-refractivity contribution in [2.24, 2.45) is 0 Å². The van der Waals surface area contributed by atoms with Crippen molar-refractivity contribution in [1.82, 2.24) is 10.2 Å². The molecule has 2 aliphatic rings. The fourth-order valence-electron chi connectivity index (χ4n) is 4.85. The molecule has 4 rings (SSSR count). The third-order valence-corrected chi connectivity index (χ3v) is 6.46. The van der Waals surface area contributed by atoms with Crippen molar-refractivity contribution in [3.05, 3.63) is 65.7 Å². The van der Waals surface area contributed by atoms with Crippen LogP contribution in [0.5, 0.6) is 0 Å². The van der Waals surface area contributed by atoms with Crippen LogP contribution in [-0.4, -0.2) is 55.0 Å². The first kappa shape index (κ1) is 23.0. The smallest absolute Gasteiger partial charge is 0.332 e. The maximum atomic E-state index is 13.0. The zero-order valence-corrected chi connectivity index (χ0v) is 19.1. The lowest BCUT2D eigenvalue weighted by molar-refractivity contribution is -0.153. The quantitative estimate of drug-likeness (QED) is 0.658. The molecule has 2 aromatic carbocycles. The number of hydrogen-bond acceptors (Lipinski definition) is 5. The number of rotatable bonds is 7. The summed E-state index contributed by atoms with van der Waals surface area (Å²) in [4.78, 5) is 41.7. The molecular formula is C26H31N3O4. The summed E-state index contributed by atoms with van der Waals surface area (Å²) in [6, 6.07) is 17.6. The van der Waals surface area contributed by atoms with Crippen molar-refractivity contribution in [3.8, 4) is 0 Å². The van der Waals surface area contributed by atoms with Crippen molar-refractivity contribution in [2.45, 2.75) is 44.2 Å². The number of piperidine rings is 1. The molecule has 2 heterocycles. The van der Waals surface area contributed by atoms with E-state index >= 15 is 0 Å². The van der Waals surface area contributed by atoms with E-state index in [4.69, 9.17) is 4.74 Å². The van der Waals surface area contributed by atoms with E-state index < -0.39 is 11.5 Å². The Morgan fingerprint density at radius 1 is 1.00 bits per heavy atom. The van der Waals surface area contributed by atoms with Crippen LogP contribution in [0.15, 0.2) is 54.6 Å². The lowest BCUT2D eigenvalue weighted by Gasteiger charge is -2.41. The van der Waals surface area contributed by atoms with Crippen LogP contribution in [0.2, 0.25) is 0 Å². The molecule has 0 spiro atoms. The Morgan fingerprint density at radius 2 is 1.76 bits per heavy atom. The molecule has 2 aromatic rings. The molecule has 2 fully saturated rings. The maximum Gasteiger partial charge on any atom is 0.332 e. The molecule has 33 heavy (non-hydrogen) atoms. The predicted molar refractivity (Wildman–Crippen MR) is 126 cm³/mol. The molecule has 0 bridgehead atoms. The first-order valence-electron chi connectivity index (χ1n) is 11.5. The van der Waals surface area contributed by atoms with Gasteiger partial charge < -0.3 is 15.0 Å². The number of carbonyl (C=O) groups excluding carboxylic acids is 3. The van der Waals surface area contributed by atoms with Crippen LogP contribution in [-0.2, 0) is 32.1 Å². The molecule has 2 aliphatic heterocycles. The van der Waals surface area contributed by atoms with Crippen molar-refractivity contribution in [3.63, 3.8) is 0 Å². The minimum atomic E-state index is -1.05. The predicted octanol–water partition coefficient (Wildman–Crippen LogP) is 2.68.